The van der Waals surface area contributed by atoms with Crippen LogP contribution >= 0.6 is 0 Å². The van der Waals surface area contributed by atoms with Gasteiger partial charge in [0.1, 0.15) is 12.0 Å². The van der Waals surface area contributed by atoms with Crippen molar-refractivity contribution in [2.45, 2.75) is 19.9 Å². The van der Waals surface area contributed by atoms with Crippen LogP contribution in [-0.4, -0.2) is 28.5 Å². The van der Waals surface area contributed by atoms with E-state index in [0.717, 1.165) is 11.1 Å². The van der Waals surface area contributed by atoms with E-state index < -0.39 is 16.9 Å². The number of nitrogens with zero attached hydrogens (tertiary/aromatic N) is 4. The Hall–Kier alpha value is -4.33. The Morgan fingerprint density at radius 1 is 0.909 bits per heavy atom. The summed E-state index contributed by atoms with van der Waals surface area (Å²) >= 11 is 0. The molecule has 3 aromatic rings. The first-order valence-electron chi connectivity index (χ1n) is 10.5. The van der Waals surface area contributed by atoms with Crippen molar-refractivity contribution in [1.29, 1.82) is 0 Å². The van der Waals surface area contributed by atoms with Crippen LogP contribution in [0.5, 0.6) is 0 Å². The lowest BCUT2D eigenvalue weighted by Gasteiger charge is -2.23. The number of para-hydroxylation sites is 1. The molecule has 2 heterocycles. The molecule has 2 aliphatic heterocycles. The van der Waals surface area contributed by atoms with Gasteiger partial charge in [-0.2, -0.15) is 5.10 Å². The molecule has 0 radical (unpaired) electrons. The first-order chi connectivity index (χ1) is 15.9. The van der Waals surface area contributed by atoms with Gasteiger partial charge in [-0.15, -0.1) is 0 Å². The number of amides is 2. The Morgan fingerprint density at radius 3 is 2.24 bits per heavy atom. The molecule has 1 saturated heterocycles. The molecule has 2 atom stereocenters. The standard InChI is InChI=1S/C25H20N4O4/c1-15-8-13-20(16(2)14-15)27-24(30)21-22(17-9-11-19(12-10-17)29(32)33)26-28(23(21)25(27)31)18-6-4-3-5-7-18/h3-14,21,23H,1-2H3/t21-,23-/m0/s1. The number of anilines is 2. The number of non-ortho nitro benzene ring substituents is 1. The van der Waals surface area contributed by atoms with E-state index in [9.17, 15) is 19.7 Å². The van der Waals surface area contributed by atoms with Crippen LogP contribution < -0.4 is 9.91 Å². The fraction of sp³-hybridized carbons (Fsp3) is 0.160. The van der Waals surface area contributed by atoms with Gasteiger partial charge >= 0.3 is 0 Å². The zero-order valence-electron chi connectivity index (χ0n) is 18.0. The second-order valence-electron chi connectivity index (χ2n) is 8.19. The van der Waals surface area contributed by atoms with Crippen molar-refractivity contribution in [2.24, 2.45) is 11.0 Å². The molecule has 0 N–H and O–H groups in total. The fourth-order valence-corrected chi connectivity index (χ4v) is 4.49. The van der Waals surface area contributed by atoms with Gasteiger partial charge in [0.05, 0.1) is 22.0 Å². The number of nitro groups is 1. The maximum absolute atomic E-state index is 13.7. The van der Waals surface area contributed by atoms with Gasteiger partial charge in [-0.1, -0.05) is 35.9 Å². The summed E-state index contributed by atoms with van der Waals surface area (Å²) < 4.78 is 0. The summed E-state index contributed by atoms with van der Waals surface area (Å²) in [6.07, 6.45) is 0. The number of hydrogen-bond donors (Lipinski definition) is 0. The van der Waals surface area contributed by atoms with Gasteiger partial charge in [-0.05, 0) is 55.3 Å². The van der Waals surface area contributed by atoms with Crippen molar-refractivity contribution in [3.63, 3.8) is 0 Å². The highest BCUT2D eigenvalue weighted by molar-refractivity contribution is 6.34. The summed E-state index contributed by atoms with van der Waals surface area (Å²) in [6.45, 7) is 3.83. The Morgan fingerprint density at radius 2 is 1.61 bits per heavy atom. The predicted molar refractivity (Wildman–Crippen MR) is 124 cm³/mol. The molecule has 0 spiro atoms. The van der Waals surface area contributed by atoms with Crippen LogP contribution in [-0.2, 0) is 9.59 Å². The van der Waals surface area contributed by atoms with Crippen LogP contribution in [0.2, 0.25) is 0 Å². The monoisotopic (exact) mass is 440 g/mol. The molecule has 0 saturated carbocycles. The van der Waals surface area contributed by atoms with Gasteiger partial charge in [-0.25, -0.2) is 4.90 Å². The van der Waals surface area contributed by atoms with E-state index >= 15 is 0 Å². The third-order valence-corrected chi connectivity index (χ3v) is 6.04. The minimum absolute atomic E-state index is 0.0560. The van der Waals surface area contributed by atoms with Crippen molar-refractivity contribution in [2.75, 3.05) is 9.91 Å². The van der Waals surface area contributed by atoms with Crippen molar-refractivity contribution in [3.8, 4) is 0 Å². The molecule has 2 aliphatic rings. The zero-order chi connectivity index (χ0) is 23.3. The van der Waals surface area contributed by atoms with Crippen molar-refractivity contribution >= 4 is 34.6 Å². The topological polar surface area (TPSA) is 96.1 Å². The molecule has 0 unspecified atom stereocenters. The number of hydrazone groups is 1. The Labute approximate surface area is 189 Å². The maximum atomic E-state index is 13.7. The summed E-state index contributed by atoms with van der Waals surface area (Å²) in [7, 11) is 0. The highest BCUT2D eigenvalue weighted by atomic mass is 16.6. The molecular weight excluding hydrogens is 420 g/mol. The van der Waals surface area contributed by atoms with Crippen LogP contribution in [0.15, 0.2) is 77.9 Å². The largest absolute Gasteiger partial charge is 0.273 e. The molecule has 8 heteroatoms. The number of carbonyl (C=O) groups excluding carboxylic acids is 2. The Balaban J connectivity index is 1.62. The third kappa shape index (κ3) is 3.27. The number of hydrogen-bond acceptors (Lipinski definition) is 6. The highest BCUT2D eigenvalue weighted by Crippen LogP contribution is 2.40. The summed E-state index contributed by atoms with van der Waals surface area (Å²) in [4.78, 5) is 39.1. The molecule has 3 aromatic carbocycles. The number of imide groups is 1. The SMILES string of the molecule is Cc1ccc(N2C(=O)[C@H]3C(c4ccc([N+](=O)[O-])cc4)=NN(c4ccccc4)[C@@H]3C2=O)c(C)c1. The van der Waals surface area contributed by atoms with Crippen molar-refractivity contribution in [3.05, 3.63) is 99.6 Å². The van der Waals surface area contributed by atoms with E-state index in [4.69, 9.17) is 0 Å². The summed E-state index contributed by atoms with van der Waals surface area (Å²) in [5.41, 5.74) is 4.04. The lowest BCUT2D eigenvalue weighted by atomic mass is 9.92. The first kappa shape index (κ1) is 20.6. The summed E-state index contributed by atoms with van der Waals surface area (Å²) in [5.74, 6) is -1.52. The zero-order valence-corrected chi connectivity index (χ0v) is 18.0. The van der Waals surface area contributed by atoms with E-state index in [1.807, 2.05) is 56.3 Å². The number of nitro benzene ring substituents is 1. The van der Waals surface area contributed by atoms with Crippen LogP contribution in [0.25, 0.3) is 0 Å². The van der Waals surface area contributed by atoms with Gasteiger partial charge in [0.15, 0.2) is 0 Å². The van der Waals surface area contributed by atoms with E-state index in [1.54, 1.807) is 23.2 Å². The second kappa shape index (κ2) is 7.67. The van der Waals surface area contributed by atoms with Crippen molar-refractivity contribution < 1.29 is 14.5 Å². The quantitative estimate of drug-likeness (QED) is 0.347. The molecule has 0 aliphatic carbocycles. The molecule has 164 valence electrons. The highest BCUT2D eigenvalue weighted by Gasteiger charge is 2.57. The van der Waals surface area contributed by atoms with Crippen LogP contribution in [0.4, 0.5) is 17.1 Å². The Bertz CT molecular complexity index is 1320. The number of aryl methyl sites for hydroxylation is 2. The number of benzene rings is 3. The van der Waals surface area contributed by atoms with Gasteiger partial charge in [0, 0.05) is 12.1 Å². The third-order valence-electron chi connectivity index (χ3n) is 6.04. The average Bonchev–Trinajstić information content (AvgIpc) is 3.32. The van der Waals surface area contributed by atoms with Crippen LogP contribution in [0.3, 0.4) is 0 Å². The molecule has 5 rings (SSSR count). The lowest BCUT2D eigenvalue weighted by molar-refractivity contribution is -0.384. The predicted octanol–water partition coefficient (Wildman–Crippen LogP) is 3.99. The van der Waals surface area contributed by atoms with Gasteiger partial charge < -0.3 is 0 Å². The molecule has 1 fully saturated rings. The van der Waals surface area contributed by atoms with Gasteiger partial charge in [0.25, 0.3) is 11.6 Å². The minimum atomic E-state index is -0.828. The number of carbonyl (C=O) groups is 2. The first-order valence-corrected chi connectivity index (χ1v) is 10.5. The lowest BCUT2D eigenvalue weighted by Crippen LogP contribution is -2.39. The van der Waals surface area contributed by atoms with E-state index in [0.29, 0.717) is 22.6 Å². The maximum Gasteiger partial charge on any atom is 0.269 e. The fourth-order valence-electron chi connectivity index (χ4n) is 4.49. The summed E-state index contributed by atoms with van der Waals surface area (Å²) in [5, 5.41) is 17.3. The molecule has 0 bridgehead atoms. The van der Waals surface area contributed by atoms with Crippen molar-refractivity contribution in [1.82, 2.24) is 0 Å². The Kier molecular flexibility index (Phi) is 4.78. The smallest absolute Gasteiger partial charge is 0.269 e. The van der Waals surface area contributed by atoms with Crippen LogP contribution in [0, 0.1) is 29.9 Å². The molecular formula is C25H20N4O4. The van der Waals surface area contributed by atoms with E-state index in [2.05, 4.69) is 5.10 Å². The normalized spacial score (nSPS) is 19.6. The van der Waals surface area contributed by atoms with E-state index in [-0.39, 0.29) is 17.5 Å². The second-order valence-corrected chi connectivity index (χ2v) is 8.19. The van der Waals surface area contributed by atoms with Gasteiger partial charge in [0.2, 0.25) is 5.91 Å². The average molecular weight is 440 g/mol. The molecule has 0 aromatic heterocycles. The number of fused-ring (bicyclic) bond motifs is 1. The summed E-state index contributed by atoms with van der Waals surface area (Å²) in [6, 6.07) is 19.9. The molecule has 2 amide bonds. The van der Waals surface area contributed by atoms with E-state index in [1.165, 1.54) is 17.0 Å². The van der Waals surface area contributed by atoms with Crippen LogP contribution in [0.1, 0.15) is 16.7 Å². The number of rotatable bonds is 4. The molecule has 33 heavy (non-hydrogen) atoms. The van der Waals surface area contributed by atoms with Gasteiger partial charge in [-0.3, -0.25) is 24.7 Å². The minimum Gasteiger partial charge on any atom is -0.273 e. The molecule has 8 nitrogen and oxygen atoms in total.